The molecule has 1 aliphatic heterocycles. The Kier molecular flexibility index (Phi) is 6.30. The number of hydrogen-bond donors (Lipinski definition) is 0. The molecular weight excluding hydrogens is 432 g/mol. The maximum absolute atomic E-state index is 11.9. The van der Waals surface area contributed by atoms with Crippen molar-refractivity contribution in [3.63, 3.8) is 0 Å². The Morgan fingerprint density at radius 2 is 1.82 bits per heavy atom. The SMILES string of the molecule is COC(=O)c1cccc(CN2CCC(=C3c4ccc(Cl)cc4CCc4cccnc43)CC2)c1. The molecule has 1 aliphatic carbocycles. The van der Waals surface area contributed by atoms with Gasteiger partial charge in [0, 0.05) is 36.4 Å². The number of ether oxygens (including phenoxy) is 1. The molecule has 3 aromatic rings. The summed E-state index contributed by atoms with van der Waals surface area (Å²) in [5.74, 6) is -0.291. The zero-order chi connectivity index (χ0) is 22.8. The van der Waals surface area contributed by atoms with Gasteiger partial charge in [0.2, 0.25) is 0 Å². The van der Waals surface area contributed by atoms with E-state index in [1.54, 1.807) is 6.07 Å². The largest absolute Gasteiger partial charge is 0.465 e. The highest BCUT2D eigenvalue weighted by atomic mass is 35.5. The summed E-state index contributed by atoms with van der Waals surface area (Å²) in [6.45, 7) is 2.78. The normalized spacial score (nSPS) is 16.1. The molecule has 0 N–H and O–H groups in total. The molecule has 0 bridgehead atoms. The maximum Gasteiger partial charge on any atom is 0.337 e. The van der Waals surface area contributed by atoms with Gasteiger partial charge in [-0.15, -0.1) is 0 Å². The first-order valence-corrected chi connectivity index (χ1v) is 11.8. The van der Waals surface area contributed by atoms with Crippen molar-refractivity contribution < 1.29 is 9.53 Å². The number of nitrogens with zero attached hydrogens (tertiary/aromatic N) is 2. The van der Waals surface area contributed by atoms with E-state index in [-0.39, 0.29) is 5.97 Å². The Morgan fingerprint density at radius 3 is 2.64 bits per heavy atom. The molecule has 2 heterocycles. The molecule has 0 radical (unpaired) electrons. The number of esters is 1. The first-order chi connectivity index (χ1) is 16.1. The molecule has 4 nitrogen and oxygen atoms in total. The lowest BCUT2D eigenvalue weighted by Crippen LogP contribution is -2.30. The van der Waals surface area contributed by atoms with E-state index in [1.807, 2.05) is 30.5 Å². The van der Waals surface area contributed by atoms with Crippen molar-refractivity contribution in [1.82, 2.24) is 9.88 Å². The van der Waals surface area contributed by atoms with Gasteiger partial charge in [-0.1, -0.05) is 41.4 Å². The van der Waals surface area contributed by atoms with Crippen molar-refractivity contribution in [2.75, 3.05) is 20.2 Å². The third-order valence-electron chi connectivity index (χ3n) is 6.70. The van der Waals surface area contributed by atoms with Crippen LogP contribution >= 0.6 is 11.6 Å². The number of aromatic nitrogens is 1. The van der Waals surface area contributed by atoms with Crippen LogP contribution in [-0.4, -0.2) is 36.1 Å². The Morgan fingerprint density at radius 1 is 1.00 bits per heavy atom. The fourth-order valence-electron chi connectivity index (χ4n) is 5.04. The number of carbonyl (C=O) groups is 1. The number of fused-ring (bicyclic) bond motifs is 2. The second kappa shape index (κ2) is 9.50. The summed E-state index contributed by atoms with van der Waals surface area (Å²) in [6, 6.07) is 18.3. The second-order valence-electron chi connectivity index (χ2n) is 8.76. The zero-order valence-corrected chi connectivity index (χ0v) is 19.6. The highest BCUT2D eigenvalue weighted by Crippen LogP contribution is 2.38. The topological polar surface area (TPSA) is 42.4 Å². The molecular formula is C28H27ClN2O2. The summed E-state index contributed by atoms with van der Waals surface area (Å²) in [5.41, 5.74) is 9.56. The number of carbonyl (C=O) groups excluding carboxylic acids is 1. The molecule has 0 amide bonds. The lowest BCUT2D eigenvalue weighted by molar-refractivity contribution is 0.0600. The van der Waals surface area contributed by atoms with Crippen LogP contribution in [0.5, 0.6) is 0 Å². The molecule has 0 atom stereocenters. The second-order valence-corrected chi connectivity index (χ2v) is 9.20. The summed E-state index contributed by atoms with van der Waals surface area (Å²) in [4.78, 5) is 19.2. The van der Waals surface area contributed by atoms with Crippen LogP contribution < -0.4 is 0 Å². The van der Waals surface area contributed by atoms with Gasteiger partial charge >= 0.3 is 5.97 Å². The van der Waals surface area contributed by atoms with E-state index in [2.05, 4.69) is 29.2 Å². The quantitative estimate of drug-likeness (QED) is 0.471. The molecule has 1 fully saturated rings. The van der Waals surface area contributed by atoms with Crippen molar-refractivity contribution >= 4 is 23.1 Å². The average Bonchev–Trinajstić information content (AvgIpc) is 3.01. The molecule has 1 saturated heterocycles. The smallest absolute Gasteiger partial charge is 0.337 e. The summed E-state index contributed by atoms with van der Waals surface area (Å²) in [7, 11) is 1.42. The molecule has 0 saturated carbocycles. The lowest BCUT2D eigenvalue weighted by atomic mass is 9.88. The Labute approximate surface area is 199 Å². The van der Waals surface area contributed by atoms with Crippen molar-refractivity contribution in [1.29, 1.82) is 0 Å². The standard InChI is InChI=1S/C28H27ClN2O2/c1-33-28(32)23-5-2-4-19(16-23)18-31-14-11-20(12-15-31)26-25-10-9-24(29)17-22(25)8-7-21-6-3-13-30-27(21)26/h2-6,9-10,13,16-17H,7-8,11-12,14-15,18H2,1H3. The van der Waals surface area contributed by atoms with Crippen molar-refractivity contribution in [3.05, 3.63) is 105 Å². The van der Waals surface area contributed by atoms with Crippen molar-refractivity contribution in [2.45, 2.75) is 32.2 Å². The Bertz CT molecular complexity index is 1220. The molecule has 0 unspecified atom stereocenters. The minimum absolute atomic E-state index is 0.291. The maximum atomic E-state index is 11.9. The van der Waals surface area contributed by atoms with Gasteiger partial charge in [0.25, 0.3) is 0 Å². The predicted molar refractivity (Wildman–Crippen MR) is 131 cm³/mol. The van der Waals surface area contributed by atoms with Gasteiger partial charge in [0.05, 0.1) is 18.4 Å². The van der Waals surface area contributed by atoms with Crippen LogP contribution in [0.4, 0.5) is 0 Å². The molecule has 2 aliphatic rings. The van der Waals surface area contributed by atoms with Crippen LogP contribution in [0, 0.1) is 0 Å². The molecule has 33 heavy (non-hydrogen) atoms. The summed E-state index contributed by atoms with van der Waals surface area (Å²) in [6.07, 6.45) is 5.88. The van der Waals surface area contributed by atoms with E-state index in [0.717, 1.165) is 61.6 Å². The highest BCUT2D eigenvalue weighted by molar-refractivity contribution is 6.30. The van der Waals surface area contributed by atoms with Gasteiger partial charge in [-0.05, 0) is 78.3 Å². The van der Waals surface area contributed by atoms with Crippen LogP contribution in [0.15, 0.2) is 66.4 Å². The van der Waals surface area contributed by atoms with Gasteiger partial charge in [0.15, 0.2) is 0 Å². The van der Waals surface area contributed by atoms with E-state index < -0.39 is 0 Å². The van der Waals surface area contributed by atoms with E-state index in [4.69, 9.17) is 21.3 Å². The number of hydrogen-bond acceptors (Lipinski definition) is 4. The lowest BCUT2D eigenvalue weighted by Gasteiger charge is -2.30. The van der Waals surface area contributed by atoms with Gasteiger partial charge in [-0.3, -0.25) is 9.88 Å². The Balaban J connectivity index is 1.42. The highest BCUT2D eigenvalue weighted by Gasteiger charge is 2.25. The third kappa shape index (κ3) is 4.59. The van der Waals surface area contributed by atoms with Crippen molar-refractivity contribution in [3.8, 4) is 0 Å². The number of likely N-dealkylation sites (tertiary alicyclic amines) is 1. The van der Waals surface area contributed by atoms with Gasteiger partial charge in [-0.25, -0.2) is 4.79 Å². The fourth-order valence-corrected chi connectivity index (χ4v) is 5.23. The molecule has 0 spiro atoms. The first-order valence-electron chi connectivity index (χ1n) is 11.5. The van der Waals surface area contributed by atoms with Crippen LogP contribution in [0.1, 0.15) is 51.1 Å². The molecule has 168 valence electrons. The summed E-state index contributed by atoms with van der Waals surface area (Å²) in [5, 5.41) is 0.793. The number of rotatable bonds is 3. The molecule has 5 heteroatoms. The number of aryl methyl sites for hydroxylation is 2. The fraction of sp³-hybridized carbons (Fsp3) is 0.286. The van der Waals surface area contributed by atoms with Crippen LogP contribution in [0.3, 0.4) is 0 Å². The van der Waals surface area contributed by atoms with E-state index >= 15 is 0 Å². The van der Waals surface area contributed by atoms with Gasteiger partial charge in [-0.2, -0.15) is 0 Å². The van der Waals surface area contributed by atoms with Crippen molar-refractivity contribution in [2.24, 2.45) is 0 Å². The van der Waals surface area contributed by atoms with Crippen LogP contribution in [0.25, 0.3) is 5.57 Å². The van der Waals surface area contributed by atoms with Gasteiger partial charge < -0.3 is 4.74 Å². The number of halogens is 1. The zero-order valence-electron chi connectivity index (χ0n) is 18.8. The number of pyridine rings is 1. The third-order valence-corrected chi connectivity index (χ3v) is 6.93. The number of piperidine rings is 1. The Hall–Kier alpha value is -2.95. The summed E-state index contributed by atoms with van der Waals surface area (Å²) < 4.78 is 4.86. The predicted octanol–water partition coefficient (Wildman–Crippen LogP) is 5.72. The minimum atomic E-state index is -0.291. The first kappa shape index (κ1) is 21.9. The van der Waals surface area contributed by atoms with Gasteiger partial charge in [0.1, 0.15) is 0 Å². The monoisotopic (exact) mass is 458 g/mol. The average molecular weight is 459 g/mol. The van der Waals surface area contributed by atoms with E-state index in [1.165, 1.54) is 34.9 Å². The number of methoxy groups -OCH3 is 1. The molecule has 2 aromatic carbocycles. The van der Waals surface area contributed by atoms with Crippen LogP contribution in [-0.2, 0) is 24.1 Å². The number of benzene rings is 2. The van der Waals surface area contributed by atoms with E-state index in [9.17, 15) is 4.79 Å². The molecule has 1 aromatic heterocycles. The van der Waals surface area contributed by atoms with E-state index in [0.29, 0.717) is 5.56 Å². The van der Waals surface area contributed by atoms with Crippen LogP contribution in [0.2, 0.25) is 5.02 Å². The minimum Gasteiger partial charge on any atom is -0.465 e. The molecule has 5 rings (SSSR count). The summed E-state index contributed by atoms with van der Waals surface area (Å²) >= 11 is 6.34.